The van der Waals surface area contributed by atoms with Crippen molar-refractivity contribution in [2.75, 3.05) is 6.54 Å². The number of halogens is 1. The standard InChI is InChI=1S/C26H26FN5O3/c1-15(22-13-29-32(16(22)2)19-9-7-17(27)8-10-19)30-23(33)14-28-25(34)24-20-5-3-4-6-21(20)26(35)31(24)18-11-12-18/h3-10,13,15,18,24H,11-12,14H2,1-2H3,(H,28,34)(H,30,33). The van der Waals surface area contributed by atoms with Gasteiger partial charge in [-0.3, -0.25) is 14.4 Å². The highest BCUT2D eigenvalue weighted by atomic mass is 19.1. The summed E-state index contributed by atoms with van der Waals surface area (Å²) in [7, 11) is 0. The van der Waals surface area contributed by atoms with Crippen molar-refractivity contribution in [3.05, 3.63) is 82.9 Å². The number of benzene rings is 2. The lowest BCUT2D eigenvalue weighted by Crippen LogP contribution is -2.44. The van der Waals surface area contributed by atoms with Gasteiger partial charge in [0.2, 0.25) is 11.8 Å². The number of hydrogen-bond donors (Lipinski definition) is 2. The van der Waals surface area contributed by atoms with E-state index in [-0.39, 0.29) is 42.2 Å². The first kappa shape index (κ1) is 22.8. The first-order chi connectivity index (χ1) is 16.8. The van der Waals surface area contributed by atoms with E-state index < -0.39 is 6.04 Å². The summed E-state index contributed by atoms with van der Waals surface area (Å²) in [5.74, 6) is -1.17. The predicted molar refractivity (Wildman–Crippen MR) is 126 cm³/mol. The number of fused-ring (bicyclic) bond motifs is 1. The van der Waals surface area contributed by atoms with Gasteiger partial charge in [0.15, 0.2) is 0 Å². The molecule has 2 unspecified atom stereocenters. The number of carbonyl (C=O) groups excluding carboxylic acids is 3. The van der Waals surface area contributed by atoms with Gasteiger partial charge in [0.05, 0.1) is 24.5 Å². The van der Waals surface area contributed by atoms with Gasteiger partial charge in [0.25, 0.3) is 5.91 Å². The summed E-state index contributed by atoms with van der Waals surface area (Å²) in [5.41, 5.74) is 3.57. The van der Waals surface area contributed by atoms with Gasteiger partial charge in [-0.2, -0.15) is 5.10 Å². The molecule has 5 rings (SSSR count). The molecule has 2 aliphatic rings. The molecule has 0 radical (unpaired) electrons. The Kier molecular flexibility index (Phi) is 5.84. The third-order valence-corrected chi connectivity index (χ3v) is 6.57. The molecule has 0 saturated heterocycles. The van der Waals surface area contributed by atoms with Crippen LogP contribution in [0.1, 0.15) is 59.0 Å². The van der Waals surface area contributed by atoms with E-state index in [1.807, 2.05) is 19.9 Å². The molecule has 3 amide bonds. The van der Waals surface area contributed by atoms with Crippen molar-refractivity contribution in [3.8, 4) is 5.69 Å². The molecular weight excluding hydrogens is 449 g/mol. The van der Waals surface area contributed by atoms with Crippen LogP contribution in [-0.4, -0.2) is 45.0 Å². The van der Waals surface area contributed by atoms with Crippen LogP contribution in [0, 0.1) is 12.7 Å². The zero-order valence-electron chi connectivity index (χ0n) is 19.5. The quantitative estimate of drug-likeness (QED) is 0.549. The minimum absolute atomic E-state index is 0.0696. The average Bonchev–Trinajstić information content (AvgIpc) is 3.55. The predicted octanol–water partition coefficient (Wildman–Crippen LogP) is 2.97. The van der Waals surface area contributed by atoms with E-state index in [9.17, 15) is 18.8 Å². The molecule has 2 N–H and O–H groups in total. The Bertz CT molecular complexity index is 1300. The smallest absolute Gasteiger partial charge is 0.255 e. The van der Waals surface area contributed by atoms with Crippen molar-refractivity contribution in [1.82, 2.24) is 25.3 Å². The van der Waals surface area contributed by atoms with Crippen molar-refractivity contribution in [3.63, 3.8) is 0 Å². The monoisotopic (exact) mass is 475 g/mol. The topological polar surface area (TPSA) is 96.3 Å². The summed E-state index contributed by atoms with van der Waals surface area (Å²) in [6.07, 6.45) is 3.43. The molecule has 0 spiro atoms. The second-order valence-electron chi connectivity index (χ2n) is 9.01. The minimum atomic E-state index is -0.715. The lowest BCUT2D eigenvalue weighted by atomic mass is 10.0. The maximum Gasteiger partial charge on any atom is 0.255 e. The molecule has 8 nitrogen and oxygen atoms in total. The fourth-order valence-electron chi connectivity index (χ4n) is 4.66. The minimum Gasteiger partial charge on any atom is -0.348 e. The molecule has 2 heterocycles. The molecule has 1 aliphatic carbocycles. The van der Waals surface area contributed by atoms with E-state index >= 15 is 0 Å². The Morgan fingerprint density at radius 2 is 1.86 bits per heavy atom. The van der Waals surface area contributed by atoms with Gasteiger partial charge in [-0.05, 0) is 62.6 Å². The lowest BCUT2D eigenvalue weighted by Gasteiger charge is -2.24. The van der Waals surface area contributed by atoms with Gasteiger partial charge in [-0.1, -0.05) is 18.2 Å². The fraction of sp³-hybridized carbons (Fsp3) is 0.308. The van der Waals surface area contributed by atoms with Crippen LogP contribution >= 0.6 is 0 Å². The van der Waals surface area contributed by atoms with Gasteiger partial charge in [0, 0.05) is 22.9 Å². The van der Waals surface area contributed by atoms with Crippen LogP contribution in [0.4, 0.5) is 4.39 Å². The van der Waals surface area contributed by atoms with E-state index in [0.717, 1.165) is 24.1 Å². The Balaban J connectivity index is 1.22. The molecule has 180 valence electrons. The number of aromatic nitrogens is 2. The van der Waals surface area contributed by atoms with Gasteiger partial charge in [-0.15, -0.1) is 0 Å². The van der Waals surface area contributed by atoms with Crippen LogP contribution in [0.15, 0.2) is 54.7 Å². The van der Waals surface area contributed by atoms with Crippen molar-refractivity contribution in [2.45, 2.75) is 44.8 Å². The fourth-order valence-corrected chi connectivity index (χ4v) is 4.66. The van der Waals surface area contributed by atoms with E-state index in [1.165, 1.54) is 12.1 Å². The van der Waals surface area contributed by atoms with Gasteiger partial charge >= 0.3 is 0 Å². The number of hydrogen-bond acceptors (Lipinski definition) is 4. The number of amides is 3. The normalized spacial score (nSPS) is 17.7. The van der Waals surface area contributed by atoms with Crippen LogP contribution in [0.25, 0.3) is 5.69 Å². The van der Waals surface area contributed by atoms with Crippen LogP contribution in [0.3, 0.4) is 0 Å². The largest absolute Gasteiger partial charge is 0.348 e. The lowest BCUT2D eigenvalue weighted by molar-refractivity contribution is -0.129. The third kappa shape index (κ3) is 4.29. The number of nitrogens with one attached hydrogen (secondary N) is 2. The van der Waals surface area contributed by atoms with Gasteiger partial charge < -0.3 is 15.5 Å². The molecule has 1 saturated carbocycles. The van der Waals surface area contributed by atoms with Crippen LogP contribution in [-0.2, 0) is 9.59 Å². The number of carbonyl (C=O) groups is 3. The molecule has 0 bridgehead atoms. The van der Waals surface area contributed by atoms with Crippen LogP contribution in [0.5, 0.6) is 0 Å². The SMILES string of the molecule is Cc1c(C(C)NC(=O)CNC(=O)C2c3ccccc3C(=O)N2C2CC2)cnn1-c1ccc(F)cc1. The van der Waals surface area contributed by atoms with Crippen molar-refractivity contribution < 1.29 is 18.8 Å². The van der Waals surface area contributed by atoms with E-state index in [1.54, 1.807) is 46.1 Å². The van der Waals surface area contributed by atoms with Crippen molar-refractivity contribution in [2.24, 2.45) is 0 Å². The summed E-state index contributed by atoms with van der Waals surface area (Å²) in [4.78, 5) is 40.2. The molecular formula is C26H26FN5O3. The summed E-state index contributed by atoms with van der Waals surface area (Å²) >= 11 is 0. The molecule has 35 heavy (non-hydrogen) atoms. The second kappa shape index (κ2) is 8.98. The Morgan fingerprint density at radius 1 is 1.14 bits per heavy atom. The van der Waals surface area contributed by atoms with Gasteiger partial charge in [-0.25, -0.2) is 9.07 Å². The molecule has 1 fully saturated rings. The summed E-state index contributed by atoms with van der Waals surface area (Å²) in [5, 5.41) is 9.95. The second-order valence-corrected chi connectivity index (χ2v) is 9.01. The summed E-state index contributed by atoms with van der Waals surface area (Å²) < 4.78 is 14.9. The molecule has 1 aromatic heterocycles. The summed E-state index contributed by atoms with van der Waals surface area (Å²) in [6.45, 7) is 3.50. The molecule has 1 aliphatic heterocycles. The highest BCUT2D eigenvalue weighted by Crippen LogP contribution is 2.41. The molecule has 9 heteroatoms. The molecule has 2 aromatic carbocycles. The maximum absolute atomic E-state index is 13.2. The number of rotatable bonds is 7. The Labute approximate surface area is 202 Å². The van der Waals surface area contributed by atoms with E-state index in [0.29, 0.717) is 16.8 Å². The zero-order chi connectivity index (χ0) is 24.7. The average molecular weight is 476 g/mol. The molecule has 2 atom stereocenters. The van der Waals surface area contributed by atoms with Crippen LogP contribution < -0.4 is 10.6 Å². The summed E-state index contributed by atoms with van der Waals surface area (Å²) in [6, 6.07) is 12.1. The van der Waals surface area contributed by atoms with Crippen molar-refractivity contribution >= 4 is 17.7 Å². The zero-order valence-corrected chi connectivity index (χ0v) is 19.5. The Hall–Kier alpha value is -4.01. The number of nitrogens with zero attached hydrogens (tertiary/aromatic N) is 3. The van der Waals surface area contributed by atoms with Crippen molar-refractivity contribution in [1.29, 1.82) is 0 Å². The van der Waals surface area contributed by atoms with Gasteiger partial charge in [0.1, 0.15) is 11.9 Å². The highest BCUT2D eigenvalue weighted by Gasteiger charge is 2.47. The first-order valence-electron chi connectivity index (χ1n) is 11.6. The molecule has 3 aromatic rings. The van der Waals surface area contributed by atoms with Crippen LogP contribution in [0.2, 0.25) is 0 Å². The Morgan fingerprint density at radius 3 is 2.57 bits per heavy atom. The highest BCUT2D eigenvalue weighted by molar-refractivity contribution is 6.05. The van der Waals surface area contributed by atoms with E-state index in [4.69, 9.17) is 0 Å². The maximum atomic E-state index is 13.2. The van der Waals surface area contributed by atoms with E-state index in [2.05, 4.69) is 15.7 Å². The first-order valence-corrected chi connectivity index (χ1v) is 11.6. The third-order valence-electron chi connectivity index (χ3n) is 6.57.